The van der Waals surface area contributed by atoms with Crippen LogP contribution in [0.1, 0.15) is 78.2 Å². The van der Waals surface area contributed by atoms with Crippen LogP contribution >= 0.6 is 11.3 Å². The van der Waals surface area contributed by atoms with Gasteiger partial charge in [0.1, 0.15) is 17.7 Å². The van der Waals surface area contributed by atoms with Gasteiger partial charge >= 0.3 is 0 Å². The van der Waals surface area contributed by atoms with E-state index in [1.165, 1.54) is 24.3 Å². The highest BCUT2D eigenvalue weighted by Crippen LogP contribution is 2.35. The molecule has 4 heterocycles. The number of ether oxygens (including phenoxy) is 1. The number of unbranched alkanes of at least 4 members (excludes halogenated alkanes) is 1. The van der Waals surface area contributed by atoms with Crippen LogP contribution in [0, 0.1) is 13.8 Å². The van der Waals surface area contributed by atoms with Crippen molar-refractivity contribution >= 4 is 69.5 Å². The van der Waals surface area contributed by atoms with Crippen LogP contribution in [0.25, 0.3) is 10.3 Å². The molecule has 1 aromatic carbocycles. The molecule has 1 fully saturated rings. The summed E-state index contributed by atoms with van der Waals surface area (Å²) in [6, 6.07) is 7.44. The average Bonchev–Trinajstić information content (AvgIpc) is 3.82. The summed E-state index contributed by atoms with van der Waals surface area (Å²) < 4.78 is 9.99. The molecule has 0 unspecified atom stereocenters. The fraction of sp³-hybridized carbons (Fsp3) is 0.444. The second-order valence-electron chi connectivity index (χ2n) is 14.7. The molecule has 5 rings (SSSR count). The minimum Gasteiger partial charge on any atom is -0.402 e. The van der Waals surface area contributed by atoms with Crippen molar-refractivity contribution in [1.82, 2.24) is 34.9 Å². The van der Waals surface area contributed by atoms with Gasteiger partial charge in [-0.25, -0.2) is 4.98 Å². The number of aliphatic imine (C=N–C) groups is 2. The van der Waals surface area contributed by atoms with Crippen LogP contribution in [0.4, 0.5) is 11.4 Å². The SMILES string of the molecule is C=Nc1cc(C(=O)NC)cc(CCCCN2CCOCC2)c1N(C/C=C/Cn1c(=NC(=O)C(/C=C(/C)N)=NCC)sc2cc(C)cnc21)CNC(=O)c1cc(C)nn1CC.CC=O. The van der Waals surface area contributed by atoms with E-state index >= 15 is 0 Å². The number of nitrogens with one attached hydrogen (secondary N) is 2. The van der Waals surface area contributed by atoms with E-state index in [4.69, 9.17) is 20.2 Å². The molecule has 0 saturated carbocycles. The molecule has 3 aromatic heterocycles. The molecule has 0 atom stereocenters. The van der Waals surface area contributed by atoms with Crippen LogP contribution in [-0.4, -0.2) is 120 Å². The van der Waals surface area contributed by atoms with Crippen LogP contribution < -0.4 is 26.1 Å². The maximum Gasteiger partial charge on any atom is 0.297 e. The molecule has 0 spiro atoms. The van der Waals surface area contributed by atoms with Gasteiger partial charge in [0.15, 0.2) is 10.4 Å². The molecule has 4 aromatic rings. The van der Waals surface area contributed by atoms with Crippen molar-refractivity contribution in [3.05, 3.63) is 87.3 Å². The summed E-state index contributed by atoms with van der Waals surface area (Å²) in [6.07, 6.45) is 10.5. The predicted octanol–water partition coefficient (Wildman–Crippen LogP) is 4.68. The molecule has 17 nitrogen and oxygen atoms in total. The normalized spacial score (nSPS) is 13.8. The van der Waals surface area contributed by atoms with Gasteiger partial charge in [0.05, 0.1) is 41.7 Å². The zero-order valence-corrected chi connectivity index (χ0v) is 38.5. The van der Waals surface area contributed by atoms with Crippen molar-refractivity contribution in [2.45, 2.75) is 73.9 Å². The monoisotopic (exact) mass is 882 g/mol. The standard InChI is InChI=1S/C43H58N12O4S.C2H4O/c1-8-47-35(23-30(4)44)41(57)50-43-54(39-37(60-43)22-29(3)27-48-39)17-13-12-16-53(28-49-42(58)36-24-31(5)51-55(36)9-2)38-32(14-10-11-15-52-18-20-59-21-19-52)25-33(40(56)46-7)26-34(38)45-6;1-2-3/h12-13,22-27H,6,8-11,14-21,28,44H2,1-5,7H3,(H,46,56)(H,49,58);2H,1H3/b13-12+,30-23-,47-35?,50-43?;. The van der Waals surface area contributed by atoms with Crippen molar-refractivity contribution in [1.29, 1.82) is 0 Å². The minimum absolute atomic E-state index is 0.123. The number of aryl methyl sites for hydroxylation is 4. The van der Waals surface area contributed by atoms with Crippen molar-refractivity contribution in [3.63, 3.8) is 0 Å². The average molecular weight is 883 g/mol. The molecule has 18 heteroatoms. The number of allylic oxidation sites excluding steroid dienone is 2. The molecule has 0 radical (unpaired) electrons. The lowest BCUT2D eigenvalue weighted by atomic mass is 9.99. The topological polar surface area (TPSA) is 207 Å². The molecule has 3 amide bonds. The molecule has 63 heavy (non-hydrogen) atoms. The van der Waals surface area contributed by atoms with Crippen LogP contribution in [0.2, 0.25) is 0 Å². The summed E-state index contributed by atoms with van der Waals surface area (Å²) >= 11 is 1.37. The van der Waals surface area contributed by atoms with Gasteiger partial charge in [-0.1, -0.05) is 23.5 Å². The lowest BCUT2D eigenvalue weighted by Crippen LogP contribution is -2.39. The number of anilines is 1. The molecule has 338 valence electrons. The first-order valence-electron chi connectivity index (χ1n) is 21.2. The summed E-state index contributed by atoms with van der Waals surface area (Å²) in [5.74, 6) is -0.988. The Bertz CT molecular complexity index is 2380. The Morgan fingerprint density at radius 1 is 1.08 bits per heavy atom. The van der Waals surface area contributed by atoms with E-state index in [2.05, 4.69) is 42.3 Å². The Morgan fingerprint density at radius 3 is 2.49 bits per heavy atom. The summed E-state index contributed by atoms with van der Waals surface area (Å²) in [7, 11) is 1.60. The van der Waals surface area contributed by atoms with Crippen LogP contribution in [-0.2, 0) is 33.8 Å². The third-order valence-electron chi connectivity index (χ3n) is 9.83. The van der Waals surface area contributed by atoms with E-state index in [9.17, 15) is 14.4 Å². The lowest BCUT2D eigenvalue weighted by Gasteiger charge is -2.29. The first-order chi connectivity index (χ1) is 30.4. The largest absolute Gasteiger partial charge is 0.402 e. The van der Waals surface area contributed by atoms with E-state index in [-0.39, 0.29) is 24.2 Å². The predicted molar refractivity (Wildman–Crippen MR) is 251 cm³/mol. The molecule has 1 aliphatic rings. The minimum atomic E-state index is -0.494. The number of rotatable bonds is 19. The highest BCUT2D eigenvalue weighted by molar-refractivity contribution is 7.16. The number of aromatic nitrogens is 4. The summed E-state index contributed by atoms with van der Waals surface area (Å²) in [4.78, 5) is 71.7. The molecular weight excluding hydrogens is 821 g/mol. The van der Waals surface area contributed by atoms with Crippen molar-refractivity contribution in [3.8, 4) is 0 Å². The van der Waals surface area contributed by atoms with Gasteiger partial charge in [0, 0.05) is 63.8 Å². The Morgan fingerprint density at radius 2 is 1.83 bits per heavy atom. The Hall–Kier alpha value is -6.11. The molecule has 1 aliphatic heterocycles. The lowest BCUT2D eigenvalue weighted by molar-refractivity contribution is -0.112. The smallest absolute Gasteiger partial charge is 0.297 e. The van der Waals surface area contributed by atoms with Gasteiger partial charge in [0.2, 0.25) is 0 Å². The van der Waals surface area contributed by atoms with Gasteiger partial charge < -0.3 is 30.8 Å². The van der Waals surface area contributed by atoms with Gasteiger partial charge in [0.25, 0.3) is 17.7 Å². The van der Waals surface area contributed by atoms with Gasteiger partial charge in [-0.05, 0) is 116 Å². The number of amides is 3. The second kappa shape index (κ2) is 25.1. The number of carbonyl (C=O) groups is 4. The maximum absolute atomic E-state index is 13.7. The fourth-order valence-electron chi connectivity index (χ4n) is 6.96. The number of nitrogens with zero attached hydrogens (tertiary/aromatic N) is 9. The fourth-order valence-corrected chi connectivity index (χ4v) is 8.05. The zero-order valence-electron chi connectivity index (χ0n) is 37.6. The third kappa shape index (κ3) is 14.2. The number of carbonyl (C=O) groups excluding carboxylic acids is 4. The Balaban J connectivity index is 0.00000282. The molecule has 0 bridgehead atoms. The highest BCUT2D eigenvalue weighted by Gasteiger charge is 2.21. The number of fused-ring (bicyclic) bond motifs is 1. The van der Waals surface area contributed by atoms with Gasteiger partial charge in [-0.3, -0.25) is 38.5 Å². The Labute approximate surface area is 373 Å². The van der Waals surface area contributed by atoms with E-state index < -0.39 is 5.91 Å². The number of thiazole rings is 1. The van der Waals surface area contributed by atoms with E-state index in [1.807, 2.05) is 61.4 Å². The number of hydrogen-bond donors (Lipinski definition) is 3. The molecular formula is C45H62N12O5S. The number of benzene rings is 1. The molecule has 4 N–H and O–H groups in total. The van der Waals surface area contributed by atoms with E-state index in [0.29, 0.717) is 65.7 Å². The number of morpholine rings is 1. The van der Waals surface area contributed by atoms with Crippen molar-refractivity contribution < 1.29 is 23.9 Å². The number of aldehydes is 1. The highest BCUT2D eigenvalue weighted by atomic mass is 32.1. The van der Waals surface area contributed by atoms with E-state index in [0.717, 1.165) is 79.2 Å². The summed E-state index contributed by atoms with van der Waals surface area (Å²) in [5.41, 5.74) is 12.1. The van der Waals surface area contributed by atoms with Crippen LogP contribution in [0.15, 0.2) is 69.4 Å². The summed E-state index contributed by atoms with van der Waals surface area (Å²) in [6.45, 7) is 20.7. The third-order valence-corrected chi connectivity index (χ3v) is 10.8. The van der Waals surface area contributed by atoms with Crippen LogP contribution in [0.5, 0.6) is 0 Å². The first kappa shape index (κ1) is 49.5. The maximum atomic E-state index is 13.7. The molecule has 1 saturated heterocycles. The first-order valence-corrected chi connectivity index (χ1v) is 22.0. The zero-order chi connectivity index (χ0) is 45.9. The summed E-state index contributed by atoms with van der Waals surface area (Å²) in [5, 5.41) is 10.3. The van der Waals surface area contributed by atoms with Crippen molar-refractivity contribution in [2.24, 2.45) is 20.7 Å². The number of pyridine rings is 1. The van der Waals surface area contributed by atoms with E-state index in [1.54, 1.807) is 37.0 Å². The van der Waals surface area contributed by atoms with Crippen molar-refractivity contribution in [2.75, 3.05) is 64.6 Å². The van der Waals surface area contributed by atoms with Crippen LogP contribution in [0.3, 0.4) is 0 Å². The molecule has 0 aliphatic carbocycles. The van der Waals surface area contributed by atoms with Gasteiger partial charge in [-0.2, -0.15) is 10.1 Å². The van der Waals surface area contributed by atoms with Gasteiger partial charge in [-0.15, -0.1) is 0 Å². The number of nitrogens with two attached hydrogens (primary N) is 1. The number of hydrogen-bond acceptors (Lipinski definition) is 13. The second-order valence-corrected chi connectivity index (χ2v) is 15.7. The quantitative estimate of drug-likeness (QED) is 0.0390. The Kier molecular flexibility index (Phi) is 19.7.